The van der Waals surface area contributed by atoms with E-state index in [4.69, 9.17) is 0 Å². The molecule has 2 amide bonds. The summed E-state index contributed by atoms with van der Waals surface area (Å²) < 4.78 is 0.948. The van der Waals surface area contributed by atoms with Gasteiger partial charge in [-0.3, -0.25) is 9.59 Å². The molecule has 120 valence electrons. The summed E-state index contributed by atoms with van der Waals surface area (Å²) in [5, 5.41) is 2.80. The van der Waals surface area contributed by atoms with Crippen molar-refractivity contribution in [2.24, 2.45) is 0 Å². The number of rotatable bonds is 6. The van der Waals surface area contributed by atoms with Gasteiger partial charge in [-0.25, -0.2) is 0 Å². The fourth-order valence-electron chi connectivity index (χ4n) is 2.16. The van der Waals surface area contributed by atoms with E-state index in [1.807, 2.05) is 54.6 Å². The Morgan fingerprint density at radius 3 is 2.30 bits per heavy atom. The number of benzene rings is 2. The molecule has 2 rings (SSSR count). The Kier molecular flexibility index (Phi) is 6.35. The minimum absolute atomic E-state index is 0.0538. The average molecular weight is 375 g/mol. The zero-order valence-electron chi connectivity index (χ0n) is 13.0. The molecule has 0 aromatic heterocycles. The van der Waals surface area contributed by atoms with Gasteiger partial charge >= 0.3 is 0 Å². The van der Waals surface area contributed by atoms with Crippen LogP contribution in [0.3, 0.4) is 0 Å². The highest BCUT2D eigenvalue weighted by Gasteiger charge is 2.13. The third-order valence-corrected chi connectivity index (χ3v) is 3.95. The molecule has 0 heterocycles. The topological polar surface area (TPSA) is 49.4 Å². The lowest BCUT2D eigenvalue weighted by atomic mass is 10.1. The minimum atomic E-state index is -0.199. The monoisotopic (exact) mass is 374 g/mol. The number of carbonyl (C=O) groups is 2. The van der Waals surface area contributed by atoms with Gasteiger partial charge in [-0.05, 0) is 36.2 Å². The summed E-state index contributed by atoms with van der Waals surface area (Å²) in [5.41, 5.74) is 1.86. The van der Waals surface area contributed by atoms with Gasteiger partial charge in [-0.15, -0.1) is 0 Å². The van der Waals surface area contributed by atoms with E-state index in [0.717, 1.165) is 16.5 Å². The zero-order chi connectivity index (χ0) is 16.7. The van der Waals surface area contributed by atoms with Crippen molar-refractivity contribution in [1.29, 1.82) is 0 Å². The highest BCUT2D eigenvalue weighted by molar-refractivity contribution is 9.10. The Morgan fingerprint density at radius 2 is 1.70 bits per heavy atom. The van der Waals surface area contributed by atoms with Crippen LogP contribution < -0.4 is 5.32 Å². The maximum Gasteiger partial charge on any atom is 0.243 e. The molecule has 0 saturated heterocycles. The van der Waals surface area contributed by atoms with Crippen molar-refractivity contribution >= 4 is 33.4 Å². The van der Waals surface area contributed by atoms with Crippen LogP contribution in [0.5, 0.6) is 0 Å². The van der Waals surface area contributed by atoms with Gasteiger partial charge in [0, 0.05) is 23.6 Å². The fraction of sp³-hybridized carbons (Fsp3) is 0.222. The molecule has 0 atom stereocenters. The first-order chi connectivity index (χ1) is 11.0. The van der Waals surface area contributed by atoms with E-state index >= 15 is 0 Å². The van der Waals surface area contributed by atoms with E-state index in [1.165, 1.54) is 6.92 Å². The van der Waals surface area contributed by atoms with Crippen LogP contribution in [0.25, 0.3) is 0 Å². The Balaban J connectivity index is 1.89. The zero-order valence-corrected chi connectivity index (χ0v) is 14.5. The van der Waals surface area contributed by atoms with E-state index in [0.29, 0.717) is 12.2 Å². The smallest absolute Gasteiger partial charge is 0.243 e. The van der Waals surface area contributed by atoms with E-state index in [9.17, 15) is 9.59 Å². The second kappa shape index (κ2) is 8.48. The van der Waals surface area contributed by atoms with Crippen LogP contribution in [0.4, 0.5) is 5.69 Å². The fourth-order valence-corrected chi connectivity index (χ4v) is 2.43. The Bertz CT molecular complexity index is 656. The standard InChI is InChI=1S/C18H19BrN2O2/c1-14(22)21(12-11-15-5-3-2-4-6-15)13-18(23)20-17-9-7-16(19)8-10-17/h2-10H,11-13H2,1H3,(H,20,23). The number of hydrogen-bond donors (Lipinski definition) is 1. The number of halogens is 1. The first-order valence-electron chi connectivity index (χ1n) is 7.39. The van der Waals surface area contributed by atoms with Gasteiger partial charge in [0.05, 0.1) is 6.54 Å². The molecule has 0 spiro atoms. The third-order valence-electron chi connectivity index (χ3n) is 3.42. The molecule has 1 N–H and O–H groups in total. The molecule has 0 aliphatic carbocycles. The maximum atomic E-state index is 12.1. The molecule has 2 aromatic carbocycles. The summed E-state index contributed by atoms with van der Waals surface area (Å²) in [6.45, 7) is 2.06. The van der Waals surface area contributed by atoms with Crippen LogP contribution in [0.15, 0.2) is 59.1 Å². The van der Waals surface area contributed by atoms with Crippen molar-refractivity contribution in [3.05, 3.63) is 64.6 Å². The van der Waals surface area contributed by atoms with Gasteiger partial charge in [0.2, 0.25) is 11.8 Å². The maximum absolute atomic E-state index is 12.1. The van der Waals surface area contributed by atoms with Gasteiger partial charge in [-0.1, -0.05) is 46.3 Å². The van der Waals surface area contributed by atoms with Crippen LogP contribution in [0.2, 0.25) is 0 Å². The molecule has 2 aromatic rings. The summed E-state index contributed by atoms with van der Waals surface area (Å²) in [4.78, 5) is 25.4. The normalized spacial score (nSPS) is 10.2. The number of amides is 2. The summed E-state index contributed by atoms with van der Waals surface area (Å²) in [6.07, 6.45) is 0.728. The summed E-state index contributed by atoms with van der Waals surface area (Å²) in [7, 11) is 0. The van der Waals surface area contributed by atoms with Gasteiger partial charge < -0.3 is 10.2 Å². The Hall–Kier alpha value is -2.14. The number of hydrogen-bond acceptors (Lipinski definition) is 2. The summed E-state index contributed by atoms with van der Waals surface area (Å²) in [5.74, 6) is -0.303. The van der Waals surface area contributed by atoms with Gasteiger partial charge in [0.25, 0.3) is 0 Å². The SMILES string of the molecule is CC(=O)N(CCc1ccccc1)CC(=O)Nc1ccc(Br)cc1. The highest BCUT2D eigenvalue weighted by atomic mass is 79.9. The number of anilines is 1. The number of nitrogens with zero attached hydrogens (tertiary/aromatic N) is 1. The number of nitrogens with one attached hydrogen (secondary N) is 1. The van der Waals surface area contributed by atoms with Crippen LogP contribution >= 0.6 is 15.9 Å². The predicted octanol–water partition coefficient (Wildman–Crippen LogP) is 3.48. The number of carbonyl (C=O) groups excluding carboxylic acids is 2. The van der Waals surface area contributed by atoms with Gasteiger partial charge in [0.1, 0.15) is 0 Å². The summed E-state index contributed by atoms with van der Waals surface area (Å²) >= 11 is 3.35. The Morgan fingerprint density at radius 1 is 1.04 bits per heavy atom. The second-order valence-electron chi connectivity index (χ2n) is 5.23. The van der Waals surface area contributed by atoms with E-state index < -0.39 is 0 Å². The minimum Gasteiger partial charge on any atom is -0.333 e. The molecule has 0 bridgehead atoms. The molecule has 5 heteroatoms. The molecular formula is C18H19BrN2O2. The van der Waals surface area contributed by atoms with Crippen molar-refractivity contribution in [1.82, 2.24) is 4.90 Å². The first-order valence-corrected chi connectivity index (χ1v) is 8.19. The van der Waals surface area contributed by atoms with Gasteiger partial charge in [0.15, 0.2) is 0 Å². The van der Waals surface area contributed by atoms with Crippen LogP contribution in [0.1, 0.15) is 12.5 Å². The molecule has 23 heavy (non-hydrogen) atoms. The quantitative estimate of drug-likeness (QED) is 0.841. The average Bonchev–Trinajstić information content (AvgIpc) is 2.54. The summed E-state index contributed by atoms with van der Waals surface area (Å²) in [6, 6.07) is 17.2. The molecular weight excluding hydrogens is 356 g/mol. The lowest BCUT2D eigenvalue weighted by Crippen LogP contribution is -2.37. The predicted molar refractivity (Wildman–Crippen MR) is 95.2 cm³/mol. The van der Waals surface area contributed by atoms with Crippen molar-refractivity contribution in [2.75, 3.05) is 18.4 Å². The molecule has 4 nitrogen and oxygen atoms in total. The van der Waals surface area contributed by atoms with E-state index in [-0.39, 0.29) is 18.4 Å². The van der Waals surface area contributed by atoms with Crippen LogP contribution in [0, 0.1) is 0 Å². The van der Waals surface area contributed by atoms with E-state index in [1.54, 1.807) is 4.90 Å². The lowest BCUT2D eigenvalue weighted by molar-refractivity contribution is -0.132. The Labute approximate surface area is 144 Å². The van der Waals surface area contributed by atoms with Crippen molar-refractivity contribution < 1.29 is 9.59 Å². The van der Waals surface area contributed by atoms with E-state index in [2.05, 4.69) is 21.2 Å². The van der Waals surface area contributed by atoms with Crippen LogP contribution in [-0.2, 0) is 16.0 Å². The van der Waals surface area contributed by atoms with Crippen molar-refractivity contribution in [2.45, 2.75) is 13.3 Å². The van der Waals surface area contributed by atoms with Crippen molar-refractivity contribution in [3.8, 4) is 0 Å². The molecule has 0 aliphatic rings. The highest BCUT2D eigenvalue weighted by Crippen LogP contribution is 2.14. The molecule has 0 aliphatic heterocycles. The third kappa shape index (κ3) is 5.87. The van der Waals surface area contributed by atoms with Crippen LogP contribution in [-0.4, -0.2) is 29.8 Å². The molecule has 0 fully saturated rings. The van der Waals surface area contributed by atoms with Gasteiger partial charge in [-0.2, -0.15) is 0 Å². The molecule has 0 radical (unpaired) electrons. The largest absolute Gasteiger partial charge is 0.333 e. The lowest BCUT2D eigenvalue weighted by Gasteiger charge is -2.20. The molecule has 0 unspecified atom stereocenters. The first kappa shape index (κ1) is 17.2. The second-order valence-corrected chi connectivity index (χ2v) is 6.15. The van der Waals surface area contributed by atoms with Crippen molar-refractivity contribution in [3.63, 3.8) is 0 Å². The molecule has 0 saturated carbocycles.